The summed E-state index contributed by atoms with van der Waals surface area (Å²) in [6, 6.07) is 19.2. The van der Waals surface area contributed by atoms with Crippen molar-refractivity contribution in [1.29, 1.82) is 0 Å². The largest absolute Gasteiger partial charge is 0.573 e. The number of rotatable bonds is 9. The molecular weight excluding hydrogens is 589 g/mol. The molecule has 44 heavy (non-hydrogen) atoms. The van der Waals surface area contributed by atoms with E-state index in [9.17, 15) is 18.3 Å². The predicted molar refractivity (Wildman–Crippen MR) is 169 cm³/mol. The number of anilines is 1. The van der Waals surface area contributed by atoms with E-state index in [4.69, 9.17) is 0 Å². The van der Waals surface area contributed by atoms with Crippen LogP contribution in [0.25, 0.3) is 23.2 Å². The summed E-state index contributed by atoms with van der Waals surface area (Å²) in [6.45, 7) is 7.37. The Morgan fingerprint density at radius 2 is 1.82 bits per heavy atom. The van der Waals surface area contributed by atoms with Crippen molar-refractivity contribution in [2.45, 2.75) is 45.8 Å². The van der Waals surface area contributed by atoms with E-state index >= 15 is 0 Å². The number of aryl methyl sites for hydroxylation is 1. The number of halogens is 3. The Bertz CT molecular complexity index is 1620. The molecule has 5 rings (SSSR count). The van der Waals surface area contributed by atoms with Crippen LogP contribution in [0, 0.1) is 6.92 Å². The molecule has 4 aromatic rings. The first-order chi connectivity index (χ1) is 21.1. The summed E-state index contributed by atoms with van der Waals surface area (Å²) in [4.78, 5) is 11.1. The second kappa shape index (κ2) is 13.6. The molecule has 12 heteroatoms. The third kappa shape index (κ3) is 7.80. The van der Waals surface area contributed by atoms with E-state index in [1.165, 1.54) is 46.4 Å². The van der Waals surface area contributed by atoms with Gasteiger partial charge in [0.1, 0.15) is 12.1 Å². The number of hydrogen-bond donors (Lipinski definition) is 2. The van der Waals surface area contributed by atoms with E-state index in [0.717, 1.165) is 40.7 Å². The molecule has 1 aromatic heterocycles. The second-order valence-electron chi connectivity index (χ2n) is 10.5. The van der Waals surface area contributed by atoms with E-state index in [2.05, 4.69) is 69.0 Å². The van der Waals surface area contributed by atoms with Gasteiger partial charge in [0.05, 0.1) is 5.69 Å². The molecule has 8 nitrogen and oxygen atoms in total. The van der Waals surface area contributed by atoms with Crippen molar-refractivity contribution in [3.05, 3.63) is 95.9 Å². The Balaban J connectivity index is 1.21. The SMILES string of the molecule is Cc1cccc(N2CCCS/C2=N\C(O)N/C=C/c2ccc(-c3ncn(-c4ccc(OC(F)(F)F)cc4)n3)cc2)c1C(C)C. The average molecular weight is 623 g/mol. The van der Waals surface area contributed by atoms with Crippen LogP contribution in [0.4, 0.5) is 18.9 Å². The van der Waals surface area contributed by atoms with Crippen LogP contribution in [0.1, 0.15) is 42.9 Å². The first-order valence-electron chi connectivity index (χ1n) is 14.1. The summed E-state index contributed by atoms with van der Waals surface area (Å²) in [5.74, 6) is 1.47. The molecule has 0 saturated carbocycles. The van der Waals surface area contributed by atoms with E-state index in [-0.39, 0.29) is 5.75 Å². The number of nitrogens with one attached hydrogen (secondary N) is 1. The minimum absolute atomic E-state index is 0.308. The van der Waals surface area contributed by atoms with Gasteiger partial charge in [0, 0.05) is 29.7 Å². The van der Waals surface area contributed by atoms with Gasteiger partial charge in [0.25, 0.3) is 0 Å². The number of ether oxygens (including phenoxy) is 1. The van der Waals surface area contributed by atoms with Gasteiger partial charge in [-0.2, -0.15) is 0 Å². The topological polar surface area (TPSA) is 87.8 Å². The summed E-state index contributed by atoms with van der Waals surface area (Å²) in [7, 11) is 0. The van der Waals surface area contributed by atoms with Gasteiger partial charge >= 0.3 is 6.36 Å². The van der Waals surface area contributed by atoms with E-state index in [1.807, 2.05) is 30.3 Å². The van der Waals surface area contributed by atoms with E-state index in [1.54, 1.807) is 18.0 Å². The maximum absolute atomic E-state index is 12.4. The normalized spacial score (nSPS) is 15.7. The Morgan fingerprint density at radius 3 is 2.52 bits per heavy atom. The van der Waals surface area contributed by atoms with Crippen LogP contribution < -0.4 is 15.0 Å². The number of aliphatic hydroxyl groups is 1. The first-order valence-corrected chi connectivity index (χ1v) is 15.1. The minimum atomic E-state index is -4.75. The molecule has 0 bridgehead atoms. The Hall–Kier alpha value is -4.29. The van der Waals surface area contributed by atoms with Crippen molar-refractivity contribution in [2.24, 2.45) is 4.99 Å². The lowest BCUT2D eigenvalue weighted by Gasteiger charge is -2.33. The highest BCUT2D eigenvalue weighted by Gasteiger charge is 2.31. The van der Waals surface area contributed by atoms with Crippen LogP contribution in [-0.4, -0.2) is 50.1 Å². The Labute approximate surface area is 258 Å². The van der Waals surface area contributed by atoms with Gasteiger partial charge in [-0.25, -0.2) is 14.7 Å². The molecule has 3 aromatic carbocycles. The van der Waals surface area contributed by atoms with Crippen molar-refractivity contribution in [2.75, 3.05) is 17.2 Å². The quantitative estimate of drug-likeness (QED) is 0.193. The number of hydrogen-bond acceptors (Lipinski definition) is 7. The predicted octanol–water partition coefficient (Wildman–Crippen LogP) is 7.10. The van der Waals surface area contributed by atoms with E-state index in [0.29, 0.717) is 17.4 Å². The van der Waals surface area contributed by atoms with Crippen LogP contribution in [0.3, 0.4) is 0 Å². The highest BCUT2D eigenvalue weighted by molar-refractivity contribution is 8.14. The second-order valence-corrected chi connectivity index (χ2v) is 11.5. The molecule has 1 saturated heterocycles. The molecule has 1 aliphatic rings. The summed E-state index contributed by atoms with van der Waals surface area (Å²) in [5.41, 5.74) is 5.88. The van der Waals surface area contributed by atoms with Gasteiger partial charge in [0.2, 0.25) is 6.35 Å². The first kappa shape index (κ1) is 31.1. The Morgan fingerprint density at radius 1 is 1.07 bits per heavy atom. The van der Waals surface area contributed by atoms with Crippen LogP contribution in [0.2, 0.25) is 0 Å². The minimum Gasteiger partial charge on any atom is -0.406 e. The lowest BCUT2D eigenvalue weighted by Crippen LogP contribution is -2.37. The zero-order valence-electron chi connectivity index (χ0n) is 24.5. The van der Waals surface area contributed by atoms with Crippen molar-refractivity contribution in [3.63, 3.8) is 0 Å². The molecule has 1 aliphatic heterocycles. The Kier molecular flexibility index (Phi) is 9.60. The molecule has 230 valence electrons. The van der Waals surface area contributed by atoms with Crippen LogP contribution in [0.15, 0.2) is 84.2 Å². The standard InChI is InChI=1S/C32H33F3N6O2S/c1-21(2)28-22(3)6-4-7-27(28)40-18-5-19-44-31(40)38-30(42)36-17-16-23-8-10-24(11-9-23)29-37-20-41(39-29)25-12-14-26(15-13-25)43-32(33,34)35/h4,6-17,20-21,30,36,42H,5,18-19H2,1-3H3/b17-16+,38-31-. The smallest absolute Gasteiger partial charge is 0.406 e. The zero-order chi connectivity index (χ0) is 31.3. The summed E-state index contributed by atoms with van der Waals surface area (Å²) in [5, 5.41) is 18.8. The summed E-state index contributed by atoms with van der Waals surface area (Å²) >= 11 is 1.64. The fraction of sp³-hybridized carbons (Fsp3) is 0.281. The number of aliphatic hydroxyl groups excluding tert-OH is 1. The molecule has 1 atom stereocenters. The number of benzene rings is 3. The van der Waals surface area contributed by atoms with Crippen LogP contribution in [0.5, 0.6) is 5.75 Å². The highest BCUT2D eigenvalue weighted by Crippen LogP contribution is 2.34. The van der Waals surface area contributed by atoms with Crippen molar-refractivity contribution in [1.82, 2.24) is 20.1 Å². The fourth-order valence-corrected chi connectivity index (χ4v) is 5.95. The molecular formula is C32H33F3N6O2S. The van der Waals surface area contributed by atoms with Crippen molar-refractivity contribution < 1.29 is 23.0 Å². The molecule has 0 spiro atoms. The highest BCUT2D eigenvalue weighted by atomic mass is 32.2. The number of alkyl halides is 3. The maximum Gasteiger partial charge on any atom is 0.573 e. The molecule has 0 aliphatic carbocycles. The van der Waals surface area contributed by atoms with Crippen molar-refractivity contribution >= 4 is 28.7 Å². The van der Waals surface area contributed by atoms with Gasteiger partial charge in [-0.05, 0) is 72.4 Å². The lowest BCUT2D eigenvalue weighted by molar-refractivity contribution is -0.274. The third-order valence-corrected chi connectivity index (χ3v) is 7.98. The third-order valence-electron chi connectivity index (χ3n) is 6.91. The number of aliphatic imine (C=N–C) groups is 1. The van der Waals surface area contributed by atoms with Gasteiger partial charge in [-0.3, -0.25) is 0 Å². The fourth-order valence-electron chi connectivity index (χ4n) is 4.98. The van der Waals surface area contributed by atoms with Crippen LogP contribution in [-0.2, 0) is 0 Å². The number of thioether (sulfide) groups is 1. The lowest BCUT2D eigenvalue weighted by atomic mass is 9.95. The average Bonchev–Trinajstić information content (AvgIpc) is 3.47. The zero-order valence-corrected chi connectivity index (χ0v) is 25.3. The van der Waals surface area contributed by atoms with E-state index < -0.39 is 12.7 Å². The summed E-state index contributed by atoms with van der Waals surface area (Å²) in [6.07, 6.45) is 0.161. The summed E-state index contributed by atoms with van der Waals surface area (Å²) < 4.78 is 42.6. The number of aromatic nitrogens is 3. The molecule has 2 N–H and O–H groups in total. The molecule has 0 radical (unpaired) electrons. The molecule has 2 heterocycles. The molecule has 0 amide bonds. The monoisotopic (exact) mass is 622 g/mol. The maximum atomic E-state index is 12.4. The number of nitrogens with zero attached hydrogens (tertiary/aromatic N) is 5. The van der Waals surface area contributed by atoms with Crippen LogP contribution >= 0.6 is 11.8 Å². The van der Waals surface area contributed by atoms with Gasteiger partial charge < -0.3 is 20.1 Å². The van der Waals surface area contributed by atoms with Gasteiger partial charge in [0.15, 0.2) is 11.0 Å². The molecule has 1 fully saturated rings. The number of amidine groups is 1. The van der Waals surface area contributed by atoms with Gasteiger partial charge in [-0.15, -0.1) is 18.3 Å². The van der Waals surface area contributed by atoms with Crippen molar-refractivity contribution in [3.8, 4) is 22.8 Å². The van der Waals surface area contributed by atoms with Gasteiger partial charge in [-0.1, -0.05) is 62.0 Å². The molecule has 1 unspecified atom stereocenters.